The Kier molecular flexibility index (Phi) is 3.19. The van der Waals surface area contributed by atoms with Gasteiger partial charge in [0.25, 0.3) is 0 Å². The first-order valence-electron chi connectivity index (χ1n) is 4.86. The number of benzene rings is 1. The first-order valence-corrected chi connectivity index (χ1v) is 4.86. The number of nitriles is 1. The van der Waals surface area contributed by atoms with E-state index in [9.17, 15) is 4.79 Å². The number of esters is 1. The molecular formula is C12H14N2O2. The molecule has 0 aliphatic carbocycles. The zero-order valence-corrected chi connectivity index (χ0v) is 9.57. The third kappa shape index (κ3) is 3.28. The average molecular weight is 218 g/mol. The SMILES string of the molecule is CC(C)(C)OC(=O)c1cc(N)cc(C#N)c1. The second kappa shape index (κ2) is 4.23. The number of nitrogen functional groups attached to an aromatic ring is 1. The number of ether oxygens (including phenoxy) is 1. The summed E-state index contributed by atoms with van der Waals surface area (Å²) in [6.07, 6.45) is 0. The molecule has 0 bridgehead atoms. The molecule has 0 atom stereocenters. The highest BCUT2D eigenvalue weighted by atomic mass is 16.6. The van der Waals surface area contributed by atoms with Gasteiger partial charge in [0, 0.05) is 5.69 Å². The van der Waals surface area contributed by atoms with E-state index in [1.807, 2.05) is 6.07 Å². The van der Waals surface area contributed by atoms with E-state index < -0.39 is 11.6 Å². The summed E-state index contributed by atoms with van der Waals surface area (Å²) in [5.74, 6) is -0.476. The van der Waals surface area contributed by atoms with Gasteiger partial charge in [-0.1, -0.05) is 0 Å². The third-order valence-corrected chi connectivity index (χ3v) is 1.72. The first-order chi connectivity index (χ1) is 7.31. The first kappa shape index (κ1) is 12.1. The summed E-state index contributed by atoms with van der Waals surface area (Å²) >= 11 is 0. The van der Waals surface area contributed by atoms with Gasteiger partial charge < -0.3 is 10.5 Å². The standard InChI is InChI=1S/C12H14N2O2/c1-12(2,3)16-11(15)9-4-8(7-13)5-10(14)6-9/h4-6H,14H2,1-3H3. The van der Waals surface area contributed by atoms with Gasteiger partial charge in [-0.05, 0) is 39.0 Å². The molecule has 4 heteroatoms. The van der Waals surface area contributed by atoms with E-state index in [1.54, 1.807) is 20.8 Å². The number of hydrogen-bond donors (Lipinski definition) is 1. The lowest BCUT2D eigenvalue weighted by Gasteiger charge is -2.19. The largest absolute Gasteiger partial charge is 0.456 e. The highest BCUT2D eigenvalue weighted by Gasteiger charge is 2.18. The Morgan fingerprint density at radius 3 is 2.50 bits per heavy atom. The Morgan fingerprint density at radius 2 is 2.00 bits per heavy atom. The molecule has 1 aromatic carbocycles. The van der Waals surface area contributed by atoms with Crippen molar-refractivity contribution in [2.75, 3.05) is 5.73 Å². The van der Waals surface area contributed by atoms with Crippen molar-refractivity contribution in [1.29, 1.82) is 5.26 Å². The van der Waals surface area contributed by atoms with Gasteiger partial charge in [-0.25, -0.2) is 4.79 Å². The van der Waals surface area contributed by atoms with Crippen LogP contribution in [0.5, 0.6) is 0 Å². The molecule has 0 heterocycles. The summed E-state index contributed by atoms with van der Waals surface area (Å²) < 4.78 is 5.17. The number of rotatable bonds is 1. The number of nitrogens with zero attached hydrogens (tertiary/aromatic N) is 1. The van der Waals surface area contributed by atoms with Crippen molar-refractivity contribution in [2.45, 2.75) is 26.4 Å². The van der Waals surface area contributed by atoms with Crippen LogP contribution in [0.1, 0.15) is 36.7 Å². The molecule has 0 saturated heterocycles. The predicted octanol–water partition coefficient (Wildman–Crippen LogP) is 2.10. The lowest BCUT2D eigenvalue weighted by atomic mass is 10.1. The molecule has 0 unspecified atom stereocenters. The molecule has 0 amide bonds. The zero-order chi connectivity index (χ0) is 12.3. The van der Waals surface area contributed by atoms with Gasteiger partial charge in [0.1, 0.15) is 5.60 Å². The Bertz CT molecular complexity index is 453. The van der Waals surface area contributed by atoms with Crippen LogP contribution in [-0.4, -0.2) is 11.6 Å². The van der Waals surface area contributed by atoms with Gasteiger partial charge >= 0.3 is 5.97 Å². The molecule has 4 nitrogen and oxygen atoms in total. The summed E-state index contributed by atoms with van der Waals surface area (Å²) in [6.45, 7) is 5.34. The molecule has 0 spiro atoms. The van der Waals surface area contributed by atoms with Gasteiger partial charge in [0.05, 0.1) is 17.2 Å². The molecule has 0 saturated carbocycles. The van der Waals surface area contributed by atoms with E-state index in [0.29, 0.717) is 16.8 Å². The fourth-order valence-electron chi connectivity index (χ4n) is 1.17. The van der Waals surface area contributed by atoms with Crippen LogP contribution >= 0.6 is 0 Å². The maximum atomic E-state index is 11.7. The highest BCUT2D eigenvalue weighted by Crippen LogP contribution is 2.16. The van der Waals surface area contributed by atoms with Crippen molar-refractivity contribution in [2.24, 2.45) is 0 Å². The minimum Gasteiger partial charge on any atom is -0.456 e. The molecule has 16 heavy (non-hydrogen) atoms. The summed E-state index contributed by atoms with van der Waals surface area (Å²) in [5.41, 5.74) is 6.04. The van der Waals surface area contributed by atoms with E-state index in [4.69, 9.17) is 15.7 Å². The van der Waals surface area contributed by atoms with Crippen molar-refractivity contribution < 1.29 is 9.53 Å². The molecule has 0 aliphatic rings. The fourth-order valence-corrected chi connectivity index (χ4v) is 1.17. The van der Waals surface area contributed by atoms with Crippen LogP contribution in [0.2, 0.25) is 0 Å². The number of nitrogens with two attached hydrogens (primary N) is 1. The molecular weight excluding hydrogens is 204 g/mol. The van der Waals surface area contributed by atoms with Crippen LogP contribution < -0.4 is 5.73 Å². The number of carbonyl (C=O) groups excluding carboxylic acids is 1. The predicted molar refractivity (Wildman–Crippen MR) is 60.7 cm³/mol. The Morgan fingerprint density at radius 1 is 1.38 bits per heavy atom. The number of carbonyl (C=O) groups is 1. The van der Waals surface area contributed by atoms with Gasteiger partial charge in [0.2, 0.25) is 0 Å². The maximum absolute atomic E-state index is 11.7. The van der Waals surface area contributed by atoms with Crippen molar-refractivity contribution in [3.8, 4) is 6.07 Å². The van der Waals surface area contributed by atoms with Crippen LogP contribution in [0, 0.1) is 11.3 Å². The normalized spacial score (nSPS) is 10.6. The van der Waals surface area contributed by atoms with Gasteiger partial charge in [-0.2, -0.15) is 5.26 Å². The summed E-state index contributed by atoms with van der Waals surface area (Å²) in [4.78, 5) is 11.7. The minimum atomic E-state index is -0.561. The van der Waals surface area contributed by atoms with Crippen molar-refractivity contribution >= 4 is 11.7 Å². The van der Waals surface area contributed by atoms with Crippen molar-refractivity contribution in [3.63, 3.8) is 0 Å². The fraction of sp³-hybridized carbons (Fsp3) is 0.333. The Balaban J connectivity index is 3.01. The molecule has 84 valence electrons. The number of anilines is 1. The van der Waals surface area contributed by atoms with E-state index in [1.165, 1.54) is 18.2 Å². The summed E-state index contributed by atoms with van der Waals surface area (Å²) in [7, 11) is 0. The second-order valence-corrected chi connectivity index (χ2v) is 4.46. The molecule has 0 fully saturated rings. The van der Waals surface area contributed by atoms with E-state index in [-0.39, 0.29) is 0 Å². The Labute approximate surface area is 94.6 Å². The van der Waals surface area contributed by atoms with Crippen molar-refractivity contribution in [3.05, 3.63) is 29.3 Å². The van der Waals surface area contributed by atoms with Crippen LogP contribution in [0.15, 0.2) is 18.2 Å². The van der Waals surface area contributed by atoms with Crippen LogP contribution in [0.3, 0.4) is 0 Å². The second-order valence-electron chi connectivity index (χ2n) is 4.46. The minimum absolute atomic E-state index is 0.298. The Hall–Kier alpha value is -2.02. The lowest BCUT2D eigenvalue weighted by Crippen LogP contribution is -2.24. The molecule has 2 N–H and O–H groups in total. The highest BCUT2D eigenvalue weighted by molar-refractivity contribution is 5.91. The zero-order valence-electron chi connectivity index (χ0n) is 9.57. The molecule has 1 rings (SSSR count). The van der Waals surface area contributed by atoms with Crippen LogP contribution in [-0.2, 0) is 4.74 Å². The molecule has 0 radical (unpaired) electrons. The van der Waals surface area contributed by atoms with Crippen molar-refractivity contribution in [1.82, 2.24) is 0 Å². The number of hydrogen-bond acceptors (Lipinski definition) is 4. The van der Waals surface area contributed by atoms with E-state index in [0.717, 1.165) is 0 Å². The molecule has 1 aromatic rings. The smallest absolute Gasteiger partial charge is 0.338 e. The van der Waals surface area contributed by atoms with E-state index in [2.05, 4.69) is 0 Å². The maximum Gasteiger partial charge on any atom is 0.338 e. The summed E-state index contributed by atoms with van der Waals surface area (Å²) in [6, 6.07) is 6.40. The topological polar surface area (TPSA) is 76.1 Å². The lowest BCUT2D eigenvalue weighted by molar-refractivity contribution is 0.00695. The average Bonchev–Trinajstić information content (AvgIpc) is 2.14. The van der Waals surface area contributed by atoms with Crippen LogP contribution in [0.25, 0.3) is 0 Å². The molecule has 0 aliphatic heterocycles. The molecule has 0 aromatic heterocycles. The van der Waals surface area contributed by atoms with E-state index >= 15 is 0 Å². The third-order valence-electron chi connectivity index (χ3n) is 1.72. The van der Waals surface area contributed by atoms with Gasteiger partial charge in [-0.3, -0.25) is 0 Å². The summed E-state index contributed by atoms with van der Waals surface area (Å²) in [5, 5.41) is 8.74. The monoisotopic (exact) mass is 218 g/mol. The quantitative estimate of drug-likeness (QED) is 0.578. The van der Waals surface area contributed by atoms with Gasteiger partial charge in [0.15, 0.2) is 0 Å². The van der Waals surface area contributed by atoms with Gasteiger partial charge in [-0.15, -0.1) is 0 Å². The van der Waals surface area contributed by atoms with Crippen LogP contribution in [0.4, 0.5) is 5.69 Å².